The summed E-state index contributed by atoms with van der Waals surface area (Å²) in [4.78, 5) is 16.7. The van der Waals surface area contributed by atoms with E-state index in [1.807, 2.05) is 29.9 Å². The average Bonchev–Trinajstić information content (AvgIpc) is 2.92. The highest BCUT2D eigenvalue weighted by molar-refractivity contribution is 5.84. The molecule has 5 nitrogen and oxygen atoms in total. The molecular weight excluding hydrogens is 264 g/mol. The lowest BCUT2D eigenvalue weighted by Crippen LogP contribution is -2.39. The smallest absolute Gasteiger partial charge is 0.228 e. The number of nitrogens with one attached hydrogen (secondary N) is 2. The third kappa shape index (κ3) is 2.97. The van der Waals surface area contributed by atoms with Crippen LogP contribution in [0.4, 0.5) is 0 Å². The van der Waals surface area contributed by atoms with Gasteiger partial charge in [-0.2, -0.15) is 0 Å². The van der Waals surface area contributed by atoms with E-state index in [4.69, 9.17) is 0 Å². The fourth-order valence-electron chi connectivity index (χ4n) is 2.79. The minimum Gasteiger partial charge on any atom is -0.355 e. The number of amides is 1. The predicted octanol–water partition coefficient (Wildman–Crippen LogP) is 0.966. The van der Waals surface area contributed by atoms with Gasteiger partial charge in [0.25, 0.3) is 0 Å². The summed E-state index contributed by atoms with van der Waals surface area (Å²) in [5.74, 6) is 0.970. The van der Waals surface area contributed by atoms with Gasteiger partial charge in [0.15, 0.2) is 0 Å². The molecule has 1 atom stereocenters. The highest BCUT2D eigenvalue weighted by Crippen LogP contribution is 2.23. The molecule has 1 unspecified atom stereocenters. The van der Waals surface area contributed by atoms with Crippen molar-refractivity contribution in [3.63, 3.8) is 0 Å². The molecular formula is C16H20N4O. The Balaban J connectivity index is 1.60. The van der Waals surface area contributed by atoms with Crippen molar-refractivity contribution in [1.29, 1.82) is 0 Å². The van der Waals surface area contributed by atoms with Crippen LogP contribution in [0, 0.1) is 0 Å². The predicted molar refractivity (Wildman–Crippen MR) is 80.8 cm³/mol. The summed E-state index contributed by atoms with van der Waals surface area (Å²) in [6.07, 6.45) is 4.44. The topological polar surface area (TPSA) is 59.0 Å². The Labute approximate surface area is 124 Å². The lowest BCUT2D eigenvalue weighted by molar-refractivity contribution is -0.122. The second-order valence-corrected chi connectivity index (χ2v) is 5.38. The van der Waals surface area contributed by atoms with E-state index in [0.29, 0.717) is 13.1 Å². The molecule has 2 heterocycles. The highest BCUT2D eigenvalue weighted by Gasteiger charge is 2.25. The zero-order chi connectivity index (χ0) is 14.7. The van der Waals surface area contributed by atoms with Crippen LogP contribution in [-0.2, 0) is 24.8 Å². The molecule has 2 aromatic rings. The van der Waals surface area contributed by atoms with Crippen molar-refractivity contribution in [1.82, 2.24) is 20.2 Å². The maximum absolute atomic E-state index is 12.4. The molecule has 110 valence electrons. The standard InChI is InChI=1S/C16H20N4O/c1-20-9-8-18-15(20)6-7-19-16(21)14-11-17-10-12-4-2-3-5-13(12)14/h2-5,8-9,14,17H,6-7,10-11H2,1H3,(H,19,21). The summed E-state index contributed by atoms with van der Waals surface area (Å²) in [6.45, 7) is 2.15. The normalized spacial score (nSPS) is 17.3. The molecule has 1 aliphatic rings. The van der Waals surface area contributed by atoms with Gasteiger partial charge in [-0.15, -0.1) is 0 Å². The fourth-order valence-corrected chi connectivity index (χ4v) is 2.79. The summed E-state index contributed by atoms with van der Waals surface area (Å²) in [5.41, 5.74) is 2.36. The number of carbonyl (C=O) groups excluding carboxylic acids is 1. The van der Waals surface area contributed by atoms with Crippen LogP contribution in [0.5, 0.6) is 0 Å². The summed E-state index contributed by atoms with van der Waals surface area (Å²) in [5, 5.41) is 6.33. The lowest BCUT2D eigenvalue weighted by Gasteiger charge is -2.25. The summed E-state index contributed by atoms with van der Waals surface area (Å²) in [7, 11) is 1.96. The molecule has 1 aliphatic heterocycles. The quantitative estimate of drug-likeness (QED) is 0.879. The first kappa shape index (κ1) is 13.8. The van der Waals surface area contributed by atoms with E-state index in [1.54, 1.807) is 6.20 Å². The van der Waals surface area contributed by atoms with Gasteiger partial charge in [-0.3, -0.25) is 4.79 Å². The van der Waals surface area contributed by atoms with Gasteiger partial charge in [-0.1, -0.05) is 24.3 Å². The molecule has 1 aromatic carbocycles. The van der Waals surface area contributed by atoms with Crippen LogP contribution in [-0.4, -0.2) is 28.5 Å². The third-order valence-electron chi connectivity index (χ3n) is 3.98. The van der Waals surface area contributed by atoms with E-state index in [9.17, 15) is 4.79 Å². The number of rotatable bonds is 4. The minimum absolute atomic E-state index is 0.0869. The van der Waals surface area contributed by atoms with E-state index in [1.165, 1.54) is 5.56 Å². The molecule has 0 saturated carbocycles. The van der Waals surface area contributed by atoms with Gasteiger partial charge >= 0.3 is 0 Å². The van der Waals surface area contributed by atoms with E-state index < -0.39 is 0 Å². The van der Waals surface area contributed by atoms with Gasteiger partial charge in [-0.05, 0) is 11.1 Å². The van der Waals surface area contributed by atoms with Crippen LogP contribution in [0.3, 0.4) is 0 Å². The van der Waals surface area contributed by atoms with Crippen molar-refractivity contribution >= 4 is 5.91 Å². The zero-order valence-corrected chi connectivity index (χ0v) is 12.2. The van der Waals surface area contributed by atoms with Gasteiger partial charge in [0.2, 0.25) is 5.91 Å². The zero-order valence-electron chi connectivity index (χ0n) is 12.2. The fraction of sp³-hybridized carbons (Fsp3) is 0.375. The number of carbonyl (C=O) groups is 1. The molecule has 0 fully saturated rings. The Kier molecular flexibility index (Phi) is 4.01. The Morgan fingerprint density at radius 3 is 3.14 bits per heavy atom. The summed E-state index contributed by atoms with van der Waals surface area (Å²) in [6, 6.07) is 8.15. The average molecular weight is 284 g/mol. The van der Waals surface area contributed by atoms with E-state index in [-0.39, 0.29) is 11.8 Å². The number of benzene rings is 1. The first-order valence-electron chi connectivity index (χ1n) is 7.28. The van der Waals surface area contributed by atoms with Gasteiger partial charge in [0, 0.05) is 45.5 Å². The van der Waals surface area contributed by atoms with Gasteiger partial charge in [-0.25, -0.2) is 4.98 Å². The van der Waals surface area contributed by atoms with Crippen LogP contribution < -0.4 is 10.6 Å². The number of imidazole rings is 1. The van der Waals surface area contributed by atoms with Crippen molar-refractivity contribution in [3.05, 3.63) is 53.6 Å². The first-order chi connectivity index (χ1) is 10.3. The molecule has 1 aromatic heterocycles. The highest BCUT2D eigenvalue weighted by atomic mass is 16.1. The number of hydrogen-bond donors (Lipinski definition) is 2. The van der Waals surface area contributed by atoms with E-state index in [2.05, 4.69) is 27.8 Å². The maximum atomic E-state index is 12.4. The molecule has 2 N–H and O–H groups in total. The number of aromatic nitrogens is 2. The van der Waals surface area contributed by atoms with Crippen molar-refractivity contribution in [2.45, 2.75) is 18.9 Å². The summed E-state index contributed by atoms with van der Waals surface area (Å²) < 4.78 is 1.98. The van der Waals surface area contributed by atoms with Crippen LogP contribution in [0.1, 0.15) is 22.9 Å². The van der Waals surface area contributed by atoms with Crippen LogP contribution in [0.25, 0.3) is 0 Å². The molecule has 0 radical (unpaired) electrons. The SMILES string of the molecule is Cn1ccnc1CCNC(=O)C1CNCc2ccccc21. The number of hydrogen-bond acceptors (Lipinski definition) is 3. The molecule has 0 saturated heterocycles. The molecule has 1 amide bonds. The van der Waals surface area contributed by atoms with Gasteiger partial charge in [0.05, 0.1) is 5.92 Å². The molecule has 0 bridgehead atoms. The number of aryl methyl sites for hydroxylation is 1. The lowest BCUT2D eigenvalue weighted by atomic mass is 9.90. The Morgan fingerprint density at radius 1 is 1.48 bits per heavy atom. The van der Waals surface area contributed by atoms with E-state index >= 15 is 0 Å². The third-order valence-corrected chi connectivity index (χ3v) is 3.98. The first-order valence-corrected chi connectivity index (χ1v) is 7.28. The molecule has 3 rings (SSSR count). The van der Waals surface area contributed by atoms with Crippen LogP contribution in [0.2, 0.25) is 0 Å². The van der Waals surface area contributed by atoms with E-state index in [0.717, 1.165) is 24.4 Å². The van der Waals surface area contributed by atoms with Crippen molar-refractivity contribution in [3.8, 4) is 0 Å². The molecule has 5 heteroatoms. The van der Waals surface area contributed by atoms with Crippen molar-refractivity contribution in [2.24, 2.45) is 7.05 Å². The summed E-state index contributed by atoms with van der Waals surface area (Å²) >= 11 is 0. The van der Waals surface area contributed by atoms with Crippen LogP contribution in [0.15, 0.2) is 36.7 Å². The second-order valence-electron chi connectivity index (χ2n) is 5.38. The van der Waals surface area contributed by atoms with Gasteiger partial charge < -0.3 is 15.2 Å². The minimum atomic E-state index is -0.101. The largest absolute Gasteiger partial charge is 0.355 e. The Morgan fingerprint density at radius 2 is 2.33 bits per heavy atom. The van der Waals surface area contributed by atoms with Crippen molar-refractivity contribution < 1.29 is 4.79 Å². The number of fused-ring (bicyclic) bond motifs is 1. The molecule has 0 spiro atoms. The number of nitrogens with zero attached hydrogens (tertiary/aromatic N) is 2. The molecule has 0 aliphatic carbocycles. The van der Waals surface area contributed by atoms with Gasteiger partial charge in [0.1, 0.15) is 5.82 Å². The monoisotopic (exact) mass is 284 g/mol. The van der Waals surface area contributed by atoms with Crippen LogP contribution >= 0.6 is 0 Å². The second kappa shape index (κ2) is 6.10. The maximum Gasteiger partial charge on any atom is 0.228 e. The Hall–Kier alpha value is -2.14. The van der Waals surface area contributed by atoms with Crippen molar-refractivity contribution in [2.75, 3.05) is 13.1 Å². The Bertz CT molecular complexity index is 635. The molecule has 21 heavy (non-hydrogen) atoms.